The van der Waals surface area contributed by atoms with Crippen LogP contribution in [0.4, 0.5) is 26.3 Å². The normalized spacial score (nSPS) is 15.7. The SMILES string of the molecule is O=C(N(Cc1ccc(-c2noc(C(F)(F)F)n2)cc1)OCC(F)F)C1(F)CC1. The van der Waals surface area contributed by atoms with E-state index in [1.165, 1.54) is 24.3 Å². The number of aromatic nitrogens is 2. The lowest BCUT2D eigenvalue weighted by atomic mass is 10.1. The zero-order valence-corrected chi connectivity index (χ0v) is 14.0. The fourth-order valence-electron chi connectivity index (χ4n) is 2.25. The molecule has 1 heterocycles. The van der Waals surface area contributed by atoms with Gasteiger partial charge in [0.1, 0.15) is 6.61 Å². The Kier molecular flexibility index (Phi) is 5.33. The topological polar surface area (TPSA) is 68.5 Å². The van der Waals surface area contributed by atoms with Crippen LogP contribution in [-0.2, 0) is 22.4 Å². The van der Waals surface area contributed by atoms with Gasteiger partial charge >= 0.3 is 12.1 Å². The highest BCUT2D eigenvalue weighted by molar-refractivity contribution is 5.87. The molecule has 152 valence electrons. The second-order valence-electron chi connectivity index (χ2n) is 6.11. The minimum atomic E-state index is -4.78. The number of hydrogen-bond acceptors (Lipinski definition) is 5. The lowest BCUT2D eigenvalue weighted by Gasteiger charge is -2.23. The summed E-state index contributed by atoms with van der Waals surface area (Å²) in [5.41, 5.74) is -1.55. The molecule has 0 atom stereocenters. The first-order valence-electron chi connectivity index (χ1n) is 8.01. The zero-order chi connectivity index (χ0) is 20.5. The molecule has 1 aliphatic carbocycles. The van der Waals surface area contributed by atoms with Gasteiger partial charge in [-0.2, -0.15) is 18.2 Å². The van der Waals surface area contributed by atoms with E-state index in [-0.39, 0.29) is 30.8 Å². The first-order valence-corrected chi connectivity index (χ1v) is 8.01. The molecule has 28 heavy (non-hydrogen) atoms. The van der Waals surface area contributed by atoms with E-state index in [0.29, 0.717) is 10.6 Å². The van der Waals surface area contributed by atoms with Crippen molar-refractivity contribution in [1.82, 2.24) is 15.2 Å². The molecule has 0 aliphatic heterocycles. The molecule has 1 aliphatic rings. The van der Waals surface area contributed by atoms with E-state index in [2.05, 4.69) is 14.7 Å². The highest BCUT2D eigenvalue weighted by atomic mass is 19.4. The monoisotopic (exact) mass is 409 g/mol. The maximum Gasteiger partial charge on any atom is 0.471 e. The van der Waals surface area contributed by atoms with Crippen LogP contribution in [0.25, 0.3) is 11.4 Å². The number of alkyl halides is 6. The van der Waals surface area contributed by atoms with Crippen molar-refractivity contribution in [3.63, 3.8) is 0 Å². The Labute approximate surface area is 154 Å². The van der Waals surface area contributed by atoms with Gasteiger partial charge in [0.2, 0.25) is 5.82 Å². The molecular formula is C16H13F6N3O3. The van der Waals surface area contributed by atoms with Crippen LogP contribution < -0.4 is 0 Å². The smallest absolute Gasteiger partial charge is 0.329 e. The van der Waals surface area contributed by atoms with Gasteiger partial charge in [0, 0.05) is 5.56 Å². The average Bonchev–Trinajstić information content (AvgIpc) is 3.18. The Morgan fingerprint density at radius 3 is 2.39 bits per heavy atom. The summed E-state index contributed by atoms with van der Waals surface area (Å²) in [5.74, 6) is -2.85. The summed E-state index contributed by atoms with van der Waals surface area (Å²) in [6.07, 6.45) is -7.66. The van der Waals surface area contributed by atoms with E-state index in [0.717, 1.165) is 0 Å². The summed E-state index contributed by atoms with van der Waals surface area (Å²) in [5, 5.41) is 3.76. The van der Waals surface area contributed by atoms with E-state index < -0.39 is 36.7 Å². The third-order valence-corrected chi connectivity index (χ3v) is 3.86. The predicted molar refractivity (Wildman–Crippen MR) is 80.3 cm³/mol. The van der Waals surface area contributed by atoms with Gasteiger partial charge in [0.05, 0.1) is 6.54 Å². The van der Waals surface area contributed by atoms with Crippen LogP contribution in [0.3, 0.4) is 0 Å². The van der Waals surface area contributed by atoms with Crippen molar-refractivity contribution in [3.05, 3.63) is 35.7 Å². The summed E-state index contributed by atoms with van der Waals surface area (Å²) in [4.78, 5) is 20.0. The first kappa shape index (κ1) is 20.1. The number of nitrogens with zero attached hydrogens (tertiary/aromatic N) is 3. The summed E-state index contributed by atoms with van der Waals surface area (Å²) >= 11 is 0. The quantitative estimate of drug-likeness (QED) is 0.514. The van der Waals surface area contributed by atoms with Crippen molar-refractivity contribution in [1.29, 1.82) is 0 Å². The van der Waals surface area contributed by atoms with E-state index in [1.807, 2.05) is 0 Å². The highest BCUT2D eigenvalue weighted by Gasteiger charge is 2.53. The summed E-state index contributed by atoms with van der Waals surface area (Å²) < 4.78 is 80.4. The van der Waals surface area contributed by atoms with Crippen molar-refractivity contribution in [2.45, 2.75) is 37.7 Å². The van der Waals surface area contributed by atoms with Crippen LogP contribution >= 0.6 is 0 Å². The molecule has 0 unspecified atom stereocenters. The predicted octanol–water partition coefficient (Wildman–Crippen LogP) is 3.78. The van der Waals surface area contributed by atoms with Crippen molar-refractivity contribution in [2.75, 3.05) is 6.61 Å². The van der Waals surface area contributed by atoms with Crippen LogP contribution in [0.5, 0.6) is 0 Å². The van der Waals surface area contributed by atoms with Crippen molar-refractivity contribution in [3.8, 4) is 11.4 Å². The molecule has 1 amide bonds. The van der Waals surface area contributed by atoms with Crippen molar-refractivity contribution in [2.24, 2.45) is 0 Å². The van der Waals surface area contributed by atoms with Gasteiger partial charge in [-0.15, -0.1) is 0 Å². The second-order valence-corrected chi connectivity index (χ2v) is 6.11. The molecule has 1 aromatic carbocycles. The van der Waals surface area contributed by atoms with Crippen LogP contribution in [0.15, 0.2) is 28.8 Å². The van der Waals surface area contributed by atoms with Crippen molar-refractivity contribution >= 4 is 5.91 Å². The summed E-state index contributed by atoms with van der Waals surface area (Å²) in [6.45, 7) is -1.40. The minimum absolute atomic E-state index is 0.0152. The Morgan fingerprint density at radius 1 is 1.25 bits per heavy atom. The Morgan fingerprint density at radius 2 is 1.89 bits per heavy atom. The van der Waals surface area contributed by atoms with E-state index in [1.54, 1.807) is 0 Å². The molecule has 0 N–H and O–H groups in total. The van der Waals surface area contributed by atoms with Crippen LogP contribution in [-0.4, -0.2) is 39.8 Å². The second kappa shape index (κ2) is 7.41. The summed E-state index contributed by atoms with van der Waals surface area (Å²) in [6, 6.07) is 5.47. The number of amides is 1. The number of rotatable bonds is 7. The van der Waals surface area contributed by atoms with E-state index in [9.17, 15) is 31.1 Å². The molecule has 0 spiro atoms. The van der Waals surface area contributed by atoms with Gasteiger partial charge in [-0.25, -0.2) is 18.2 Å². The maximum absolute atomic E-state index is 14.0. The molecule has 0 bridgehead atoms. The molecule has 0 radical (unpaired) electrons. The summed E-state index contributed by atoms with van der Waals surface area (Å²) in [7, 11) is 0. The Hall–Kier alpha value is -2.63. The standard InChI is InChI=1S/C16H13F6N3O3/c17-11(18)8-27-25(14(26)15(19)5-6-15)7-9-1-3-10(4-2-9)12-23-13(28-24-12)16(20,21)22/h1-4,11H,5-8H2. The third kappa shape index (κ3) is 4.61. The fourth-order valence-corrected chi connectivity index (χ4v) is 2.25. The average molecular weight is 409 g/mol. The van der Waals surface area contributed by atoms with Crippen LogP contribution in [0.2, 0.25) is 0 Å². The van der Waals surface area contributed by atoms with Crippen LogP contribution in [0.1, 0.15) is 24.3 Å². The maximum atomic E-state index is 14.0. The lowest BCUT2D eigenvalue weighted by Crippen LogP contribution is -2.39. The number of halogens is 6. The molecule has 6 nitrogen and oxygen atoms in total. The molecule has 12 heteroatoms. The van der Waals surface area contributed by atoms with Gasteiger partial charge < -0.3 is 4.52 Å². The molecule has 2 aromatic rings. The van der Waals surface area contributed by atoms with E-state index >= 15 is 0 Å². The molecule has 1 fully saturated rings. The van der Waals surface area contributed by atoms with Crippen molar-refractivity contribution < 1.29 is 40.5 Å². The number of hydroxylamine groups is 2. The molecule has 0 saturated heterocycles. The Balaban J connectivity index is 1.72. The number of benzene rings is 1. The highest BCUT2D eigenvalue weighted by Crippen LogP contribution is 2.41. The Bertz CT molecular complexity index is 833. The fraction of sp³-hybridized carbons (Fsp3) is 0.438. The molecule has 1 aromatic heterocycles. The minimum Gasteiger partial charge on any atom is -0.329 e. The zero-order valence-electron chi connectivity index (χ0n) is 14.0. The van der Waals surface area contributed by atoms with Crippen LogP contribution in [0, 0.1) is 0 Å². The van der Waals surface area contributed by atoms with Gasteiger partial charge in [-0.1, -0.05) is 29.4 Å². The van der Waals surface area contributed by atoms with Gasteiger partial charge in [-0.05, 0) is 18.4 Å². The molecule has 1 saturated carbocycles. The number of carbonyl (C=O) groups is 1. The van der Waals surface area contributed by atoms with E-state index in [4.69, 9.17) is 4.84 Å². The van der Waals surface area contributed by atoms with Gasteiger partial charge in [0.15, 0.2) is 5.67 Å². The third-order valence-electron chi connectivity index (χ3n) is 3.86. The van der Waals surface area contributed by atoms with Gasteiger partial charge in [-0.3, -0.25) is 9.63 Å². The first-order chi connectivity index (χ1) is 13.1. The lowest BCUT2D eigenvalue weighted by molar-refractivity contribution is -0.208. The molecule has 3 rings (SSSR count). The largest absolute Gasteiger partial charge is 0.471 e. The molecular weight excluding hydrogens is 396 g/mol. The van der Waals surface area contributed by atoms with Gasteiger partial charge in [0.25, 0.3) is 12.3 Å². The number of hydrogen-bond donors (Lipinski definition) is 0. The number of carbonyl (C=O) groups excluding carboxylic acids is 1.